The summed E-state index contributed by atoms with van der Waals surface area (Å²) in [4.78, 5) is 14.7. The van der Waals surface area contributed by atoms with E-state index < -0.39 is 5.91 Å². The van der Waals surface area contributed by atoms with Crippen LogP contribution in [-0.2, 0) is 0 Å². The second-order valence-corrected chi connectivity index (χ2v) is 3.76. The second kappa shape index (κ2) is 3.85. The van der Waals surface area contributed by atoms with E-state index >= 15 is 0 Å². The minimum absolute atomic E-state index is 0.395. The maximum atomic E-state index is 11.5. The smallest absolute Gasteiger partial charge is 0.251 e. The minimum atomic E-state index is -0.395. The quantitative estimate of drug-likeness (QED) is 0.793. The van der Waals surface area contributed by atoms with Crippen LogP contribution in [0.15, 0.2) is 30.3 Å². The molecule has 0 aliphatic heterocycles. The second-order valence-electron chi connectivity index (χ2n) is 3.76. The van der Waals surface area contributed by atoms with Crippen molar-refractivity contribution in [3.8, 4) is 0 Å². The van der Waals surface area contributed by atoms with E-state index in [4.69, 9.17) is 5.73 Å². The molecule has 1 aromatic heterocycles. The first-order valence-corrected chi connectivity index (χ1v) is 5.19. The molecule has 1 aromatic carbocycles. The lowest BCUT2D eigenvalue weighted by molar-refractivity contribution is 0.100. The molecule has 2 aromatic rings. The van der Waals surface area contributed by atoms with E-state index in [1.165, 1.54) is 0 Å². The Morgan fingerprint density at radius 1 is 1.38 bits per heavy atom. The number of fused-ring (bicyclic) bond motifs is 1. The summed E-state index contributed by atoms with van der Waals surface area (Å²) in [6.45, 7) is 3.89. The SMILES string of the molecule is C/C=C(/C)c1[nH]c2ccccc2c1C(N)=O. The Balaban J connectivity index is 2.83. The summed E-state index contributed by atoms with van der Waals surface area (Å²) >= 11 is 0. The van der Waals surface area contributed by atoms with Crippen LogP contribution in [0, 0.1) is 0 Å². The fourth-order valence-electron chi connectivity index (χ4n) is 1.84. The Kier molecular flexibility index (Phi) is 2.52. The number of hydrogen-bond acceptors (Lipinski definition) is 1. The summed E-state index contributed by atoms with van der Waals surface area (Å²) in [5.41, 5.74) is 8.78. The molecule has 0 aliphatic rings. The van der Waals surface area contributed by atoms with Gasteiger partial charge in [0.1, 0.15) is 0 Å². The Hall–Kier alpha value is -2.03. The summed E-state index contributed by atoms with van der Waals surface area (Å²) in [7, 11) is 0. The number of amides is 1. The van der Waals surface area contributed by atoms with Crippen LogP contribution in [-0.4, -0.2) is 10.9 Å². The van der Waals surface area contributed by atoms with Crippen molar-refractivity contribution in [3.05, 3.63) is 41.6 Å². The van der Waals surface area contributed by atoms with E-state index in [1.807, 2.05) is 44.2 Å². The molecule has 0 fully saturated rings. The van der Waals surface area contributed by atoms with Gasteiger partial charge in [-0.2, -0.15) is 0 Å². The van der Waals surface area contributed by atoms with Gasteiger partial charge in [0.15, 0.2) is 0 Å². The summed E-state index contributed by atoms with van der Waals surface area (Å²) in [6.07, 6.45) is 1.96. The number of aromatic amines is 1. The van der Waals surface area contributed by atoms with Gasteiger partial charge < -0.3 is 10.7 Å². The van der Waals surface area contributed by atoms with Crippen molar-refractivity contribution in [2.75, 3.05) is 0 Å². The molecule has 3 nitrogen and oxygen atoms in total. The minimum Gasteiger partial charge on any atom is -0.366 e. The number of aromatic nitrogens is 1. The largest absolute Gasteiger partial charge is 0.366 e. The lowest BCUT2D eigenvalue weighted by Gasteiger charge is -2.00. The molecular weight excluding hydrogens is 200 g/mol. The van der Waals surface area contributed by atoms with Crippen molar-refractivity contribution in [2.24, 2.45) is 5.73 Å². The summed E-state index contributed by atoms with van der Waals surface area (Å²) in [5, 5.41) is 0.881. The Morgan fingerprint density at radius 3 is 2.69 bits per heavy atom. The third-order valence-corrected chi connectivity index (χ3v) is 2.78. The molecule has 3 heteroatoms. The number of allylic oxidation sites excluding steroid dienone is 2. The average molecular weight is 214 g/mol. The van der Waals surface area contributed by atoms with Crippen molar-refractivity contribution in [3.63, 3.8) is 0 Å². The van der Waals surface area contributed by atoms with Crippen molar-refractivity contribution >= 4 is 22.4 Å². The van der Waals surface area contributed by atoms with Gasteiger partial charge in [-0.15, -0.1) is 0 Å². The van der Waals surface area contributed by atoms with Gasteiger partial charge in [-0.25, -0.2) is 0 Å². The fraction of sp³-hybridized carbons (Fsp3) is 0.154. The molecule has 0 bridgehead atoms. The first-order chi connectivity index (χ1) is 7.65. The van der Waals surface area contributed by atoms with Crippen LogP contribution in [0.1, 0.15) is 29.9 Å². The third-order valence-electron chi connectivity index (χ3n) is 2.78. The molecule has 2 rings (SSSR count). The van der Waals surface area contributed by atoms with E-state index in [9.17, 15) is 4.79 Å². The van der Waals surface area contributed by atoms with Crippen LogP contribution >= 0.6 is 0 Å². The predicted molar refractivity (Wildman–Crippen MR) is 66.1 cm³/mol. The normalized spacial score (nSPS) is 12.0. The number of primary amides is 1. The lowest BCUT2D eigenvalue weighted by Crippen LogP contribution is -2.12. The zero-order valence-electron chi connectivity index (χ0n) is 9.37. The van der Waals surface area contributed by atoms with Crippen LogP contribution in [0.2, 0.25) is 0 Å². The highest BCUT2D eigenvalue weighted by Crippen LogP contribution is 2.26. The van der Waals surface area contributed by atoms with Gasteiger partial charge in [-0.1, -0.05) is 24.3 Å². The van der Waals surface area contributed by atoms with Crippen LogP contribution in [0.5, 0.6) is 0 Å². The zero-order chi connectivity index (χ0) is 11.7. The van der Waals surface area contributed by atoms with Crippen molar-refractivity contribution in [1.29, 1.82) is 0 Å². The highest BCUT2D eigenvalue weighted by atomic mass is 16.1. The van der Waals surface area contributed by atoms with Crippen molar-refractivity contribution in [1.82, 2.24) is 4.98 Å². The van der Waals surface area contributed by atoms with E-state index in [1.54, 1.807) is 0 Å². The third kappa shape index (κ3) is 1.50. The van der Waals surface area contributed by atoms with Gasteiger partial charge in [-0.3, -0.25) is 4.79 Å². The summed E-state index contributed by atoms with van der Waals surface area (Å²) in [6, 6.07) is 7.67. The number of benzene rings is 1. The average Bonchev–Trinajstić information content (AvgIpc) is 2.67. The topological polar surface area (TPSA) is 58.9 Å². The van der Waals surface area contributed by atoms with Crippen molar-refractivity contribution in [2.45, 2.75) is 13.8 Å². The molecule has 0 spiro atoms. The number of rotatable bonds is 2. The van der Waals surface area contributed by atoms with Crippen LogP contribution < -0.4 is 5.73 Å². The van der Waals surface area contributed by atoms with E-state index in [2.05, 4.69) is 4.98 Å². The van der Waals surface area contributed by atoms with Gasteiger partial charge in [-0.05, 0) is 25.5 Å². The summed E-state index contributed by atoms with van der Waals surface area (Å²) < 4.78 is 0. The number of para-hydroxylation sites is 1. The zero-order valence-corrected chi connectivity index (χ0v) is 9.37. The first-order valence-electron chi connectivity index (χ1n) is 5.19. The van der Waals surface area contributed by atoms with Gasteiger partial charge in [0, 0.05) is 10.9 Å². The number of carbonyl (C=O) groups excluding carboxylic acids is 1. The number of hydrogen-bond donors (Lipinski definition) is 2. The monoisotopic (exact) mass is 214 g/mol. The van der Waals surface area contributed by atoms with Crippen LogP contribution in [0.25, 0.3) is 16.5 Å². The molecule has 3 N–H and O–H groups in total. The number of carbonyl (C=O) groups is 1. The molecule has 1 heterocycles. The maximum absolute atomic E-state index is 11.5. The highest BCUT2D eigenvalue weighted by Gasteiger charge is 2.16. The molecule has 0 unspecified atom stereocenters. The van der Waals surface area contributed by atoms with Gasteiger partial charge in [0.05, 0.1) is 11.3 Å². The lowest BCUT2D eigenvalue weighted by atomic mass is 10.1. The number of nitrogens with one attached hydrogen (secondary N) is 1. The van der Waals surface area contributed by atoms with E-state index in [0.717, 1.165) is 22.2 Å². The first kappa shape index (κ1) is 10.5. The predicted octanol–water partition coefficient (Wildman–Crippen LogP) is 2.69. The van der Waals surface area contributed by atoms with Gasteiger partial charge in [0.2, 0.25) is 0 Å². The maximum Gasteiger partial charge on any atom is 0.251 e. The Morgan fingerprint density at radius 2 is 2.06 bits per heavy atom. The number of nitrogens with two attached hydrogens (primary N) is 1. The molecule has 0 saturated carbocycles. The standard InChI is InChI=1S/C13H14N2O/c1-3-8(2)12-11(13(14)16)9-6-4-5-7-10(9)15-12/h3-7,15H,1-2H3,(H2,14,16)/b8-3-. The molecule has 82 valence electrons. The molecule has 16 heavy (non-hydrogen) atoms. The fourth-order valence-corrected chi connectivity index (χ4v) is 1.84. The summed E-state index contributed by atoms with van der Waals surface area (Å²) in [5.74, 6) is -0.395. The van der Waals surface area contributed by atoms with Gasteiger partial charge >= 0.3 is 0 Å². The molecule has 0 atom stereocenters. The Bertz CT molecular complexity index is 579. The van der Waals surface area contributed by atoms with E-state index in [0.29, 0.717) is 5.56 Å². The molecule has 0 aliphatic carbocycles. The van der Waals surface area contributed by atoms with Crippen molar-refractivity contribution < 1.29 is 4.79 Å². The van der Waals surface area contributed by atoms with Crippen LogP contribution in [0.4, 0.5) is 0 Å². The number of H-pyrrole nitrogens is 1. The Labute approximate surface area is 94.0 Å². The molecule has 0 saturated heterocycles. The van der Waals surface area contributed by atoms with E-state index in [-0.39, 0.29) is 0 Å². The molecular formula is C13H14N2O. The molecule has 0 radical (unpaired) electrons. The van der Waals surface area contributed by atoms with Gasteiger partial charge in [0.25, 0.3) is 5.91 Å². The highest BCUT2D eigenvalue weighted by molar-refractivity contribution is 6.10. The van der Waals surface area contributed by atoms with Crippen LogP contribution in [0.3, 0.4) is 0 Å². The molecule has 1 amide bonds.